The van der Waals surface area contributed by atoms with Crippen LogP contribution in [0, 0.1) is 0 Å². The van der Waals surface area contributed by atoms with Crippen LogP contribution < -0.4 is 18.9 Å². The van der Waals surface area contributed by atoms with Crippen molar-refractivity contribution in [2.75, 3.05) is 6.61 Å². The summed E-state index contributed by atoms with van der Waals surface area (Å²) in [5.41, 5.74) is 0. The Morgan fingerprint density at radius 2 is 2.29 bits per heavy atom. The van der Waals surface area contributed by atoms with Crippen LogP contribution in [0.5, 0.6) is 0 Å². The Hall–Kier alpha value is 0.667. The molecule has 0 aromatic heterocycles. The quantitative estimate of drug-likeness (QED) is 0.282. The fourth-order valence-corrected chi connectivity index (χ4v) is 0.289. The normalized spacial score (nSPS) is 12.3. The molecule has 0 aliphatic rings. The van der Waals surface area contributed by atoms with E-state index in [1.165, 1.54) is 0 Å². The van der Waals surface area contributed by atoms with E-state index in [0.717, 1.165) is 0 Å². The zero-order valence-corrected chi connectivity index (χ0v) is 5.16. The topological polar surface area (TPSA) is 49.4 Å². The van der Waals surface area contributed by atoms with E-state index >= 15 is 0 Å². The standard InChI is InChI=1S/C2H6O3S.Li/c1-2-5-6(3)4;/h2H2,1H3,(H,3,4);/q;+1/p-1. The third-order valence-electron chi connectivity index (χ3n) is 0.214. The van der Waals surface area contributed by atoms with Crippen molar-refractivity contribution in [3.8, 4) is 0 Å². The summed E-state index contributed by atoms with van der Waals surface area (Å²) in [5, 5.41) is 0. The zero-order valence-electron chi connectivity index (χ0n) is 4.34. The molecule has 1 unspecified atom stereocenters. The molecular formula is C2H5LiO3S. The van der Waals surface area contributed by atoms with E-state index < -0.39 is 11.4 Å². The molecule has 0 aromatic rings. The van der Waals surface area contributed by atoms with Crippen molar-refractivity contribution in [1.29, 1.82) is 0 Å². The molecule has 0 heterocycles. The minimum absolute atomic E-state index is 0. The van der Waals surface area contributed by atoms with Gasteiger partial charge in [0.05, 0.1) is 18.0 Å². The van der Waals surface area contributed by atoms with Crippen molar-refractivity contribution < 1.29 is 31.8 Å². The van der Waals surface area contributed by atoms with Gasteiger partial charge in [-0.25, -0.2) is 4.21 Å². The van der Waals surface area contributed by atoms with Crippen molar-refractivity contribution in [2.45, 2.75) is 6.92 Å². The maximum absolute atomic E-state index is 9.38. The average Bonchev–Trinajstić information content (AvgIpc) is 1.35. The predicted octanol–water partition coefficient (Wildman–Crippen LogP) is -3.18. The number of hydrogen-bond donors (Lipinski definition) is 0. The van der Waals surface area contributed by atoms with E-state index in [-0.39, 0.29) is 25.5 Å². The summed E-state index contributed by atoms with van der Waals surface area (Å²) in [5.74, 6) is 0. The van der Waals surface area contributed by atoms with E-state index in [2.05, 4.69) is 4.18 Å². The van der Waals surface area contributed by atoms with Crippen LogP contribution in [0.15, 0.2) is 0 Å². The van der Waals surface area contributed by atoms with Crippen LogP contribution in [-0.4, -0.2) is 15.4 Å². The third-order valence-corrected chi connectivity index (χ3v) is 0.642. The fourth-order valence-electron chi connectivity index (χ4n) is 0.0962. The second-order valence-corrected chi connectivity index (χ2v) is 1.25. The molecule has 3 nitrogen and oxygen atoms in total. The Balaban J connectivity index is 0. The molecule has 0 bridgehead atoms. The van der Waals surface area contributed by atoms with Crippen molar-refractivity contribution >= 4 is 11.4 Å². The number of rotatable bonds is 2. The Labute approximate surface area is 57.1 Å². The zero-order chi connectivity index (χ0) is 4.99. The summed E-state index contributed by atoms with van der Waals surface area (Å²) in [4.78, 5) is 0. The first kappa shape index (κ1) is 10.6. The van der Waals surface area contributed by atoms with Gasteiger partial charge in [-0.2, -0.15) is 0 Å². The first-order chi connectivity index (χ1) is 2.77. The molecule has 0 saturated heterocycles. The van der Waals surface area contributed by atoms with Gasteiger partial charge >= 0.3 is 18.9 Å². The van der Waals surface area contributed by atoms with Gasteiger partial charge in [0.2, 0.25) is 0 Å². The molecule has 0 fully saturated rings. The van der Waals surface area contributed by atoms with Gasteiger partial charge in [0.25, 0.3) is 0 Å². The van der Waals surface area contributed by atoms with Gasteiger partial charge < -0.3 is 8.74 Å². The summed E-state index contributed by atoms with van der Waals surface area (Å²) in [6, 6.07) is 0. The minimum Gasteiger partial charge on any atom is -0.750 e. The summed E-state index contributed by atoms with van der Waals surface area (Å²) < 4.78 is 22.7. The molecule has 0 rings (SSSR count). The smallest absolute Gasteiger partial charge is 0.750 e. The summed E-state index contributed by atoms with van der Waals surface area (Å²) >= 11 is -2.32. The molecule has 0 radical (unpaired) electrons. The average molecular weight is 116 g/mol. The molecule has 0 amide bonds. The van der Waals surface area contributed by atoms with Crippen LogP contribution in [0.2, 0.25) is 0 Å². The van der Waals surface area contributed by atoms with Crippen molar-refractivity contribution in [1.82, 2.24) is 0 Å². The van der Waals surface area contributed by atoms with Crippen molar-refractivity contribution in [2.24, 2.45) is 0 Å². The molecular weight excluding hydrogens is 111 g/mol. The van der Waals surface area contributed by atoms with E-state index in [1.807, 2.05) is 0 Å². The molecule has 0 saturated carbocycles. The molecule has 0 aliphatic carbocycles. The van der Waals surface area contributed by atoms with E-state index in [0.29, 0.717) is 0 Å². The molecule has 0 spiro atoms. The van der Waals surface area contributed by atoms with Gasteiger partial charge in [-0.05, 0) is 6.92 Å². The monoisotopic (exact) mass is 116 g/mol. The maximum Gasteiger partial charge on any atom is 1.00 e. The maximum atomic E-state index is 9.38. The molecule has 1 atom stereocenters. The summed E-state index contributed by atoms with van der Waals surface area (Å²) in [7, 11) is 0. The van der Waals surface area contributed by atoms with Gasteiger partial charge in [-0.3, -0.25) is 0 Å². The molecule has 0 N–H and O–H groups in total. The Morgan fingerprint density at radius 3 is 2.29 bits per heavy atom. The Bertz CT molecular complexity index is 56.9. The SMILES string of the molecule is CCOS(=O)[O-].[Li+]. The van der Waals surface area contributed by atoms with Gasteiger partial charge in [0.1, 0.15) is 0 Å². The number of hydrogen-bond acceptors (Lipinski definition) is 3. The van der Waals surface area contributed by atoms with Crippen LogP contribution in [0.25, 0.3) is 0 Å². The van der Waals surface area contributed by atoms with E-state index in [1.54, 1.807) is 6.92 Å². The van der Waals surface area contributed by atoms with Gasteiger partial charge in [-0.1, -0.05) is 0 Å². The third kappa shape index (κ3) is 10.8. The van der Waals surface area contributed by atoms with Crippen LogP contribution in [0.3, 0.4) is 0 Å². The van der Waals surface area contributed by atoms with Crippen LogP contribution >= 0.6 is 0 Å². The summed E-state index contributed by atoms with van der Waals surface area (Å²) in [6.45, 7) is 1.83. The second-order valence-electron chi connectivity index (χ2n) is 0.611. The minimum atomic E-state index is -2.32. The van der Waals surface area contributed by atoms with Crippen molar-refractivity contribution in [3.63, 3.8) is 0 Å². The van der Waals surface area contributed by atoms with Crippen LogP contribution in [-0.2, 0) is 15.5 Å². The van der Waals surface area contributed by atoms with Gasteiger partial charge in [0, 0.05) is 0 Å². The fraction of sp³-hybridized carbons (Fsp3) is 1.00. The van der Waals surface area contributed by atoms with E-state index in [9.17, 15) is 8.76 Å². The second kappa shape index (κ2) is 6.67. The molecule has 7 heavy (non-hydrogen) atoms. The molecule has 0 aromatic carbocycles. The predicted molar refractivity (Wildman–Crippen MR) is 20.5 cm³/mol. The van der Waals surface area contributed by atoms with Crippen molar-refractivity contribution in [3.05, 3.63) is 0 Å². The first-order valence-electron chi connectivity index (χ1n) is 1.50. The Kier molecular flexibility index (Phi) is 10.1. The summed E-state index contributed by atoms with van der Waals surface area (Å²) in [6.07, 6.45) is 0. The van der Waals surface area contributed by atoms with Gasteiger partial charge in [0.15, 0.2) is 0 Å². The molecule has 0 aliphatic heterocycles. The van der Waals surface area contributed by atoms with Gasteiger partial charge in [-0.15, -0.1) is 0 Å². The largest absolute Gasteiger partial charge is 1.00 e. The molecule has 38 valence electrons. The van der Waals surface area contributed by atoms with E-state index in [4.69, 9.17) is 0 Å². The first-order valence-corrected chi connectivity index (χ1v) is 2.50. The molecule has 5 heteroatoms. The van der Waals surface area contributed by atoms with Crippen LogP contribution in [0.4, 0.5) is 0 Å². The Morgan fingerprint density at radius 1 is 1.86 bits per heavy atom. The van der Waals surface area contributed by atoms with Crippen LogP contribution in [0.1, 0.15) is 6.92 Å².